The van der Waals surface area contributed by atoms with Gasteiger partial charge >= 0.3 is 7.12 Å². The zero-order chi connectivity index (χ0) is 37.6. The Morgan fingerprint density at radius 3 is 1.65 bits per heavy atom. The highest BCUT2D eigenvalue weighted by Gasteiger charge is 2.52. The monoisotopic (exact) mass is 730 g/mol. The van der Waals surface area contributed by atoms with Gasteiger partial charge in [0.1, 0.15) is 17.2 Å². The van der Waals surface area contributed by atoms with Gasteiger partial charge in [0.15, 0.2) is 22.5 Å². The molecular weight excluding hydrogens is 693 g/mol. The van der Waals surface area contributed by atoms with E-state index in [0.717, 1.165) is 5.46 Å². The molecule has 0 amide bonds. The number of nitrogens with zero attached hydrogens (tertiary/aromatic N) is 6. The first-order valence-corrected chi connectivity index (χ1v) is 16.3. The minimum Gasteiger partial charge on any atom is -0.454 e. The van der Waals surface area contributed by atoms with Gasteiger partial charge in [-0.2, -0.15) is 14.6 Å². The number of hydrogen-bond acceptors (Lipinski definition) is 10. The zero-order valence-corrected chi connectivity index (χ0v) is 30.2. The van der Waals surface area contributed by atoms with Crippen LogP contribution in [-0.2, 0) is 23.4 Å². The molecule has 0 spiro atoms. The Bertz CT molecular complexity index is 2090. The predicted octanol–water partition coefficient (Wildman–Crippen LogP) is 6.96. The first-order valence-electron chi connectivity index (χ1n) is 16.0. The number of halogens is 3. The summed E-state index contributed by atoms with van der Waals surface area (Å²) in [6.07, 6.45) is 9.82. The van der Waals surface area contributed by atoms with E-state index in [1.54, 1.807) is 83.5 Å². The number of aromatic nitrogens is 6. The van der Waals surface area contributed by atoms with Crippen LogP contribution in [0.3, 0.4) is 0 Å². The molecule has 0 aliphatic carbocycles. The van der Waals surface area contributed by atoms with Gasteiger partial charge in [-0.1, -0.05) is 11.6 Å². The fraction of sp³-hybridized carbons (Fsp3) is 0.222. The van der Waals surface area contributed by atoms with E-state index in [0.29, 0.717) is 28.4 Å². The van der Waals surface area contributed by atoms with Crippen molar-refractivity contribution in [1.82, 2.24) is 29.5 Å². The number of rotatable bonds is 6. The molecule has 6 aromatic rings. The third-order valence-electron chi connectivity index (χ3n) is 8.11. The van der Waals surface area contributed by atoms with Crippen molar-refractivity contribution < 1.29 is 27.6 Å². The van der Waals surface area contributed by atoms with Crippen LogP contribution >= 0.6 is 11.6 Å². The lowest BCUT2D eigenvalue weighted by atomic mass is 9.82. The Hall–Kier alpha value is -5.51. The second-order valence-electron chi connectivity index (χ2n) is 12.7. The van der Waals surface area contributed by atoms with Crippen LogP contribution in [0.25, 0.3) is 11.3 Å². The summed E-state index contributed by atoms with van der Waals surface area (Å²) in [5.41, 5.74) is 13.5. The van der Waals surface area contributed by atoms with Crippen molar-refractivity contribution in [3.8, 4) is 34.3 Å². The van der Waals surface area contributed by atoms with Crippen LogP contribution in [0.2, 0.25) is 5.15 Å². The van der Waals surface area contributed by atoms with Gasteiger partial charge < -0.3 is 30.2 Å². The van der Waals surface area contributed by atoms with E-state index in [4.69, 9.17) is 41.9 Å². The number of anilines is 2. The van der Waals surface area contributed by atoms with Crippen molar-refractivity contribution in [1.29, 1.82) is 0 Å². The van der Waals surface area contributed by atoms with Crippen LogP contribution in [0, 0.1) is 11.6 Å². The lowest BCUT2D eigenvalue weighted by Gasteiger charge is -2.32. The second-order valence-corrected chi connectivity index (χ2v) is 13.0. The lowest BCUT2D eigenvalue weighted by Crippen LogP contribution is -2.41. The first kappa shape index (κ1) is 37.7. The Balaban J connectivity index is 0.000000154. The fourth-order valence-electron chi connectivity index (χ4n) is 4.60. The van der Waals surface area contributed by atoms with Gasteiger partial charge in [-0.15, -0.1) is 0 Å². The molecule has 16 heteroatoms. The Kier molecular flexibility index (Phi) is 11.5. The van der Waals surface area contributed by atoms with E-state index in [1.807, 2.05) is 40.9 Å². The third kappa shape index (κ3) is 9.23. The molecule has 1 saturated heterocycles. The maximum Gasteiger partial charge on any atom is 0.498 e. The third-order valence-corrected chi connectivity index (χ3v) is 8.37. The summed E-state index contributed by atoms with van der Waals surface area (Å²) in [5, 5.41) is 7.91. The van der Waals surface area contributed by atoms with E-state index < -0.39 is 11.6 Å². The number of hydrogen-bond donors (Lipinski definition) is 2. The molecule has 2 aromatic carbocycles. The number of nitrogens with two attached hydrogens (primary N) is 2. The van der Waals surface area contributed by atoms with E-state index in [2.05, 4.69) is 20.2 Å². The van der Waals surface area contributed by atoms with Gasteiger partial charge in [-0.05, 0) is 76.2 Å². The summed E-state index contributed by atoms with van der Waals surface area (Å²) < 4.78 is 53.8. The van der Waals surface area contributed by atoms with E-state index in [-0.39, 0.29) is 40.7 Å². The highest BCUT2D eigenvalue weighted by Crippen LogP contribution is 2.36. The largest absolute Gasteiger partial charge is 0.498 e. The minimum atomic E-state index is -0.680. The molecular formula is C36H38BClF2N8O4. The molecule has 4 N–H and O–H groups in total. The standard InChI is InChI=1S/C15H13FN4O.C11H8ClFN2O.C10H17BN2O2/c1-20-9-10(8-19-20)15-14(16)13(6-7-18-15)21-12-4-2-11(17)3-5-12;12-11-10(13)9(5-6-15-11)16-8-3-1-7(14)2-4-8;1-9(2)10(3,4)15-11(14-9)8-6-12-13(5)7-8/h2-9H,17H2,1H3;1-6H,14H2;6-7H,1-5H3. The van der Waals surface area contributed by atoms with Crippen molar-refractivity contribution in [3.05, 3.63) is 115 Å². The van der Waals surface area contributed by atoms with Crippen LogP contribution in [0.4, 0.5) is 20.2 Å². The average Bonchev–Trinajstić information content (AvgIpc) is 3.79. The molecule has 4 aromatic heterocycles. The SMILES string of the molecule is Cn1cc(-c2nccc(Oc3ccc(N)cc3)c2F)cn1.Cn1cc(B2OC(C)(C)C(C)(C)O2)cn1.Nc1ccc(Oc2ccnc(Cl)c2F)cc1. The Morgan fingerprint density at radius 1 is 0.692 bits per heavy atom. The molecule has 52 heavy (non-hydrogen) atoms. The maximum atomic E-state index is 14.5. The van der Waals surface area contributed by atoms with Crippen LogP contribution in [0.15, 0.2) is 97.8 Å². The molecule has 5 heterocycles. The fourth-order valence-corrected chi connectivity index (χ4v) is 4.75. The summed E-state index contributed by atoms with van der Waals surface area (Å²) >= 11 is 5.52. The number of aryl methyl sites for hydroxylation is 2. The molecule has 0 bridgehead atoms. The number of benzene rings is 2. The molecule has 1 aliphatic heterocycles. The molecule has 1 aliphatic rings. The highest BCUT2D eigenvalue weighted by atomic mass is 35.5. The summed E-state index contributed by atoms with van der Waals surface area (Å²) in [6.45, 7) is 8.18. The molecule has 1 fully saturated rings. The topological polar surface area (TPSA) is 150 Å². The van der Waals surface area contributed by atoms with Gasteiger partial charge in [-0.25, -0.2) is 9.37 Å². The maximum absolute atomic E-state index is 14.5. The first-order chi connectivity index (χ1) is 24.6. The van der Waals surface area contributed by atoms with Gasteiger partial charge in [-0.3, -0.25) is 14.3 Å². The van der Waals surface area contributed by atoms with Crippen molar-refractivity contribution in [2.75, 3.05) is 11.5 Å². The summed E-state index contributed by atoms with van der Waals surface area (Å²) in [7, 11) is 3.34. The van der Waals surface area contributed by atoms with Gasteiger partial charge in [0.05, 0.1) is 17.4 Å². The molecule has 270 valence electrons. The van der Waals surface area contributed by atoms with E-state index >= 15 is 0 Å². The molecule has 0 atom stereocenters. The predicted molar refractivity (Wildman–Crippen MR) is 196 cm³/mol. The number of ether oxygens (including phenoxy) is 2. The quantitative estimate of drug-likeness (QED) is 0.105. The summed E-state index contributed by atoms with van der Waals surface area (Å²) in [6, 6.07) is 16.2. The molecule has 7 rings (SSSR count). The summed E-state index contributed by atoms with van der Waals surface area (Å²) in [4.78, 5) is 7.64. The Labute approximate surface area is 305 Å². The number of nitrogen functional groups attached to an aromatic ring is 2. The molecule has 12 nitrogen and oxygen atoms in total. The van der Waals surface area contributed by atoms with Gasteiger partial charge in [0, 0.05) is 79.6 Å². The molecule has 0 saturated carbocycles. The molecule has 0 radical (unpaired) electrons. The average molecular weight is 731 g/mol. The van der Waals surface area contributed by atoms with Crippen LogP contribution < -0.4 is 26.4 Å². The van der Waals surface area contributed by atoms with E-state index in [1.165, 1.54) is 24.5 Å². The van der Waals surface area contributed by atoms with Crippen LogP contribution in [0.5, 0.6) is 23.0 Å². The lowest BCUT2D eigenvalue weighted by molar-refractivity contribution is 0.00578. The van der Waals surface area contributed by atoms with Crippen molar-refractivity contribution in [3.63, 3.8) is 0 Å². The van der Waals surface area contributed by atoms with Crippen molar-refractivity contribution in [2.24, 2.45) is 14.1 Å². The number of pyridine rings is 2. The zero-order valence-electron chi connectivity index (χ0n) is 29.4. The molecule has 0 unspecified atom stereocenters. The van der Waals surface area contributed by atoms with Crippen molar-refractivity contribution >= 4 is 35.6 Å². The van der Waals surface area contributed by atoms with Gasteiger partial charge in [0.25, 0.3) is 0 Å². The highest BCUT2D eigenvalue weighted by molar-refractivity contribution is 6.62. The normalized spacial score (nSPS) is 14.1. The van der Waals surface area contributed by atoms with Crippen LogP contribution in [-0.4, -0.2) is 47.8 Å². The minimum absolute atomic E-state index is 0.0322. The second kappa shape index (κ2) is 15.8. The van der Waals surface area contributed by atoms with Crippen molar-refractivity contribution in [2.45, 2.75) is 38.9 Å². The van der Waals surface area contributed by atoms with E-state index in [9.17, 15) is 8.78 Å². The van der Waals surface area contributed by atoms with Crippen LogP contribution in [0.1, 0.15) is 27.7 Å². The smallest absolute Gasteiger partial charge is 0.454 e. The summed E-state index contributed by atoms with van der Waals surface area (Å²) in [5.74, 6) is -0.0801. The van der Waals surface area contributed by atoms with Gasteiger partial charge in [0.2, 0.25) is 5.82 Å². The Morgan fingerprint density at radius 2 is 1.17 bits per heavy atom.